The van der Waals surface area contributed by atoms with Gasteiger partial charge in [0.1, 0.15) is 17.3 Å². The molecule has 0 atom stereocenters. The quantitative estimate of drug-likeness (QED) is 0.491. The summed E-state index contributed by atoms with van der Waals surface area (Å²) < 4.78 is 5.70. The van der Waals surface area contributed by atoms with E-state index in [4.69, 9.17) is 16.0 Å². The average Bonchev–Trinajstić information content (AvgIpc) is 3.24. The average molecular weight is 389 g/mol. The van der Waals surface area contributed by atoms with Crippen LogP contribution in [0.4, 0.5) is 0 Å². The Bertz CT molecular complexity index is 949. The Labute approximate surface area is 159 Å². The van der Waals surface area contributed by atoms with Crippen molar-refractivity contribution in [2.24, 2.45) is 0 Å². The third kappa shape index (κ3) is 4.56. The molecule has 0 unspecified atom stereocenters. The van der Waals surface area contributed by atoms with Crippen LogP contribution in [0.25, 0.3) is 17.4 Å². The van der Waals surface area contributed by atoms with Crippen molar-refractivity contribution in [1.29, 1.82) is 0 Å². The number of furan rings is 1. The van der Waals surface area contributed by atoms with E-state index in [1.54, 1.807) is 24.3 Å². The van der Waals surface area contributed by atoms with Gasteiger partial charge in [0.25, 0.3) is 0 Å². The Morgan fingerprint density at radius 1 is 1.38 bits per heavy atom. The number of aliphatic carboxylic acids is 1. The first-order valence-corrected chi connectivity index (χ1v) is 9.12. The Morgan fingerprint density at radius 3 is 2.96 bits per heavy atom. The van der Waals surface area contributed by atoms with Gasteiger partial charge in [0.2, 0.25) is 5.16 Å². The summed E-state index contributed by atoms with van der Waals surface area (Å²) in [6.45, 7) is 2.02. The maximum Gasteiger partial charge on any atom is 0.213 e. The molecule has 0 bridgehead atoms. The van der Waals surface area contributed by atoms with Crippen molar-refractivity contribution in [3.63, 3.8) is 0 Å². The van der Waals surface area contributed by atoms with Crippen molar-refractivity contribution < 1.29 is 14.3 Å². The summed E-state index contributed by atoms with van der Waals surface area (Å²) in [6, 6.07) is 10.6. The van der Waals surface area contributed by atoms with E-state index in [1.165, 1.54) is 6.08 Å². The normalized spacial score (nSPS) is 11.7. The van der Waals surface area contributed by atoms with Crippen LogP contribution in [-0.4, -0.2) is 21.2 Å². The lowest BCUT2D eigenvalue weighted by atomic mass is 10.2. The summed E-state index contributed by atoms with van der Waals surface area (Å²) in [5.41, 5.74) is 0.804. The number of thioether (sulfide) groups is 1. The number of aromatic nitrogens is 3. The third-order valence-electron chi connectivity index (χ3n) is 3.41. The maximum atomic E-state index is 11.4. The van der Waals surface area contributed by atoms with Gasteiger partial charge in [0, 0.05) is 21.9 Å². The molecule has 1 aromatic carbocycles. The molecule has 0 radical (unpaired) electrons. The monoisotopic (exact) mass is 388 g/mol. The number of carbonyl (C=O) groups excluding carboxylic acids is 1. The highest BCUT2D eigenvalue weighted by atomic mass is 35.5. The second-order valence-corrected chi connectivity index (χ2v) is 6.87. The van der Waals surface area contributed by atoms with E-state index < -0.39 is 5.97 Å². The zero-order valence-corrected chi connectivity index (χ0v) is 15.4. The Balaban J connectivity index is 1.81. The van der Waals surface area contributed by atoms with Crippen molar-refractivity contribution in [3.8, 4) is 11.3 Å². The number of aryl methyl sites for hydroxylation is 1. The molecule has 134 valence electrons. The number of carbonyl (C=O) groups is 1. The molecule has 0 aliphatic heterocycles. The summed E-state index contributed by atoms with van der Waals surface area (Å²) in [7, 11) is 0. The SMILES string of the molecule is CCCc1nc(S/C(=C/c2ccc(-c3cccc(Cl)c3)o2)C(=O)[O-])n[nH]1. The fourth-order valence-corrected chi connectivity index (χ4v) is 3.15. The summed E-state index contributed by atoms with van der Waals surface area (Å²) in [4.78, 5) is 15.6. The predicted molar refractivity (Wildman–Crippen MR) is 98.4 cm³/mol. The highest BCUT2D eigenvalue weighted by molar-refractivity contribution is 8.04. The van der Waals surface area contributed by atoms with E-state index in [2.05, 4.69) is 15.2 Å². The van der Waals surface area contributed by atoms with E-state index >= 15 is 0 Å². The van der Waals surface area contributed by atoms with E-state index in [1.807, 2.05) is 19.1 Å². The number of hydrogen-bond acceptors (Lipinski definition) is 6. The lowest BCUT2D eigenvalue weighted by Crippen LogP contribution is -2.23. The topological polar surface area (TPSA) is 94.8 Å². The molecule has 2 aromatic heterocycles. The van der Waals surface area contributed by atoms with Gasteiger partial charge in [-0.15, -0.1) is 5.10 Å². The standard InChI is InChI=1S/C18H16ClN3O3S/c1-2-4-16-20-18(22-21-16)26-15(17(23)24)10-13-7-8-14(25-13)11-5-3-6-12(19)9-11/h3,5-10H,2,4H2,1H3,(H,23,24)(H,20,21,22)/p-1/b15-10+. The lowest BCUT2D eigenvalue weighted by molar-refractivity contribution is -0.298. The molecule has 2 heterocycles. The maximum absolute atomic E-state index is 11.4. The molecule has 6 nitrogen and oxygen atoms in total. The minimum Gasteiger partial charge on any atom is -0.544 e. The van der Waals surface area contributed by atoms with Crippen molar-refractivity contribution in [3.05, 3.63) is 57.9 Å². The minimum absolute atomic E-state index is 0.0426. The minimum atomic E-state index is -1.32. The number of nitrogens with zero attached hydrogens (tertiary/aromatic N) is 2. The van der Waals surface area contributed by atoms with Crippen LogP contribution in [0.5, 0.6) is 0 Å². The van der Waals surface area contributed by atoms with Crippen LogP contribution in [0.15, 0.2) is 50.9 Å². The number of nitrogens with one attached hydrogen (secondary N) is 1. The highest BCUT2D eigenvalue weighted by Gasteiger charge is 2.10. The molecular formula is C18H15ClN3O3S-. The molecule has 0 saturated carbocycles. The molecule has 0 fully saturated rings. The van der Waals surface area contributed by atoms with Gasteiger partial charge in [0.15, 0.2) is 0 Å². The summed E-state index contributed by atoms with van der Waals surface area (Å²) >= 11 is 6.89. The summed E-state index contributed by atoms with van der Waals surface area (Å²) in [6.07, 6.45) is 3.06. The van der Waals surface area contributed by atoms with Crippen LogP contribution in [0.1, 0.15) is 24.9 Å². The summed E-state index contributed by atoms with van der Waals surface area (Å²) in [5.74, 6) is 0.368. The zero-order valence-electron chi connectivity index (χ0n) is 13.9. The number of aromatic amines is 1. The smallest absolute Gasteiger partial charge is 0.213 e. The zero-order chi connectivity index (χ0) is 18.5. The van der Waals surface area contributed by atoms with Crippen LogP contribution >= 0.6 is 23.4 Å². The summed E-state index contributed by atoms with van der Waals surface area (Å²) in [5, 5.41) is 19.2. The van der Waals surface area contributed by atoms with E-state index in [9.17, 15) is 9.90 Å². The third-order valence-corrected chi connectivity index (χ3v) is 4.51. The van der Waals surface area contributed by atoms with Crippen molar-refractivity contribution >= 4 is 35.4 Å². The highest BCUT2D eigenvalue weighted by Crippen LogP contribution is 2.29. The molecule has 1 N–H and O–H groups in total. The van der Waals surface area contributed by atoms with Gasteiger partial charge in [-0.05, 0) is 48.5 Å². The van der Waals surface area contributed by atoms with Crippen molar-refractivity contribution in [1.82, 2.24) is 15.2 Å². The molecule has 3 aromatic rings. The van der Waals surface area contributed by atoms with Crippen LogP contribution in [0.2, 0.25) is 5.02 Å². The van der Waals surface area contributed by atoms with Gasteiger partial charge in [-0.3, -0.25) is 5.10 Å². The van der Waals surface area contributed by atoms with Gasteiger partial charge in [-0.1, -0.05) is 30.7 Å². The van der Waals surface area contributed by atoms with Gasteiger partial charge >= 0.3 is 0 Å². The first-order chi connectivity index (χ1) is 12.5. The fourth-order valence-electron chi connectivity index (χ4n) is 2.26. The first kappa shape index (κ1) is 18.3. The Morgan fingerprint density at radius 2 is 2.23 bits per heavy atom. The van der Waals surface area contributed by atoms with Gasteiger partial charge in [0.05, 0.1) is 5.97 Å². The molecule has 0 amide bonds. The van der Waals surface area contributed by atoms with Gasteiger partial charge in [-0.25, -0.2) is 4.98 Å². The van der Waals surface area contributed by atoms with Crippen LogP contribution < -0.4 is 5.11 Å². The van der Waals surface area contributed by atoms with Crippen molar-refractivity contribution in [2.45, 2.75) is 24.9 Å². The largest absolute Gasteiger partial charge is 0.544 e. The second kappa shape index (κ2) is 8.25. The molecule has 8 heteroatoms. The molecule has 3 rings (SSSR count). The number of halogens is 1. The van der Waals surface area contributed by atoms with Gasteiger partial charge < -0.3 is 14.3 Å². The van der Waals surface area contributed by atoms with Crippen LogP contribution in [-0.2, 0) is 11.2 Å². The van der Waals surface area contributed by atoms with E-state index in [0.29, 0.717) is 27.5 Å². The van der Waals surface area contributed by atoms with Crippen LogP contribution in [0.3, 0.4) is 0 Å². The molecule has 0 aliphatic rings. The Hall–Kier alpha value is -2.51. The molecular weight excluding hydrogens is 374 g/mol. The number of rotatable bonds is 7. The number of carboxylic acid groups (broad SMARTS) is 1. The van der Waals surface area contributed by atoms with Gasteiger partial charge in [-0.2, -0.15) is 0 Å². The van der Waals surface area contributed by atoms with Crippen molar-refractivity contribution in [2.75, 3.05) is 0 Å². The number of benzene rings is 1. The van der Waals surface area contributed by atoms with E-state index in [0.717, 1.165) is 30.2 Å². The van der Waals surface area contributed by atoms with Crippen LogP contribution in [0, 0.1) is 0 Å². The van der Waals surface area contributed by atoms with E-state index in [-0.39, 0.29) is 4.91 Å². The molecule has 0 aliphatic carbocycles. The predicted octanol–water partition coefficient (Wildman–Crippen LogP) is 3.55. The lowest BCUT2D eigenvalue weighted by Gasteiger charge is -2.04. The molecule has 0 spiro atoms. The molecule has 0 saturated heterocycles. The number of H-pyrrole nitrogens is 1. The number of hydrogen-bond donors (Lipinski definition) is 1. The Kier molecular flexibility index (Phi) is 5.80. The molecule has 26 heavy (non-hydrogen) atoms. The number of carboxylic acids is 1. The second-order valence-electron chi connectivity index (χ2n) is 5.43. The fraction of sp³-hybridized carbons (Fsp3) is 0.167. The first-order valence-electron chi connectivity index (χ1n) is 7.93.